The molecule has 7 nitrogen and oxygen atoms in total. The number of nitrogens with one attached hydrogen (secondary N) is 2. The summed E-state index contributed by atoms with van der Waals surface area (Å²) >= 11 is 0. The summed E-state index contributed by atoms with van der Waals surface area (Å²) in [4.78, 5) is 16.3. The Morgan fingerprint density at radius 1 is 1.14 bits per heavy atom. The highest BCUT2D eigenvalue weighted by atomic mass is 127. The maximum Gasteiger partial charge on any atom is 0.250 e. The Balaban J connectivity index is 0.00000300. The third kappa shape index (κ3) is 7.26. The molecule has 0 bridgehead atoms. The average molecular weight is 512 g/mol. The highest BCUT2D eigenvalue weighted by Crippen LogP contribution is 2.32. The van der Waals surface area contributed by atoms with Crippen molar-refractivity contribution in [2.45, 2.75) is 32.7 Å². The van der Waals surface area contributed by atoms with Gasteiger partial charge in [0.05, 0.1) is 13.2 Å². The van der Waals surface area contributed by atoms with Crippen LogP contribution in [-0.2, 0) is 6.54 Å². The predicted molar refractivity (Wildman–Crippen MR) is 127 cm³/mol. The molecule has 0 atom stereocenters. The maximum atomic E-state index is 11.7. The molecule has 29 heavy (non-hydrogen) atoms. The zero-order chi connectivity index (χ0) is 19.6. The SMILES string of the molecule is CCNC(=NCCCCn1ccccc1=O)Nc1ccc2c(c1)OCCCO2.I. The molecular formula is C21H29IN4O3. The van der Waals surface area contributed by atoms with Crippen molar-refractivity contribution in [2.75, 3.05) is 31.6 Å². The number of fused-ring (bicyclic) bond motifs is 1. The highest BCUT2D eigenvalue weighted by Gasteiger charge is 2.11. The number of hydrogen-bond donors (Lipinski definition) is 2. The number of unbranched alkanes of at least 4 members (excludes halogenated alkanes) is 1. The fraction of sp³-hybridized carbons (Fsp3) is 0.429. The van der Waals surface area contributed by atoms with Crippen LogP contribution < -0.4 is 25.7 Å². The van der Waals surface area contributed by atoms with Crippen LogP contribution in [0, 0.1) is 0 Å². The second kappa shape index (κ2) is 12.4. The molecule has 0 saturated carbocycles. The number of rotatable bonds is 7. The van der Waals surface area contributed by atoms with E-state index < -0.39 is 0 Å². The van der Waals surface area contributed by atoms with E-state index in [0.717, 1.165) is 49.0 Å². The lowest BCUT2D eigenvalue weighted by Crippen LogP contribution is -2.30. The van der Waals surface area contributed by atoms with E-state index in [1.807, 2.05) is 37.4 Å². The Bertz CT molecular complexity index is 854. The summed E-state index contributed by atoms with van der Waals surface area (Å²) in [6.07, 6.45) is 4.51. The molecule has 0 aliphatic carbocycles. The molecule has 0 unspecified atom stereocenters. The molecule has 2 heterocycles. The molecule has 2 N–H and O–H groups in total. The van der Waals surface area contributed by atoms with Gasteiger partial charge in [-0.15, -0.1) is 24.0 Å². The molecule has 1 aliphatic heterocycles. The summed E-state index contributed by atoms with van der Waals surface area (Å²) in [6.45, 7) is 5.54. The molecule has 3 rings (SSSR count). The Labute approximate surface area is 188 Å². The van der Waals surface area contributed by atoms with E-state index >= 15 is 0 Å². The van der Waals surface area contributed by atoms with Crippen LogP contribution in [-0.4, -0.2) is 36.8 Å². The number of aliphatic imine (C=N–C) groups is 1. The molecule has 8 heteroatoms. The van der Waals surface area contributed by atoms with Crippen molar-refractivity contribution in [3.63, 3.8) is 0 Å². The number of guanidine groups is 1. The van der Waals surface area contributed by atoms with E-state index in [1.165, 1.54) is 0 Å². The summed E-state index contributed by atoms with van der Waals surface area (Å²) in [5.41, 5.74) is 0.940. The second-order valence-corrected chi connectivity index (χ2v) is 6.54. The van der Waals surface area contributed by atoms with Crippen molar-refractivity contribution >= 4 is 35.6 Å². The van der Waals surface area contributed by atoms with Gasteiger partial charge in [0.25, 0.3) is 0 Å². The first kappa shape index (κ1) is 23.1. The highest BCUT2D eigenvalue weighted by molar-refractivity contribution is 14.0. The minimum absolute atomic E-state index is 0. The first-order chi connectivity index (χ1) is 13.8. The second-order valence-electron chi connectivity index (χ2n) is 6.54. The molecule has 0 saturated heterocycles. The average Bonchev–Trinajstić information content (AvgIpc) is 2.94. The lowest BCUT2D eigenvalue weighted by molar-refractivity contribution is 0.297. The third-order valence-electron chi connectivity index (χ3n) is 4.33. The van der Waals surface area contributed by atoms with Crippen LogP contribution in [0.3, 0.4) is 0 Å². The predicted octanol–water partition coefficient (Wildman–Crippen LogP) is 3.49. The van der Waals surface area contributed by atoms with Gasteiger partial charge in [-0.05, 0) is 38.0 Å². The molecule has 158 valence electrons. The van der Waals surface area contributed by atoms with Gasteiger partial charge in [0, 0.05) is 50.1 Å². The number of pyridine rings is 1. The van der Waals surface area contributed by atoms with Gasteiger partial charge in [-0.25, -0.2) is 0 Å². The Morgan fingerprint density at radius 2 is 1.97 bits per heavy atom. The lowest BCUT2D eigenvalue weighted by atomic mass is 10.2. The fourth-order valence-corrected chi connectivity index (χ4v) is 2.92. The van der Waals surface area contributed by atoms with Gasteiger partial charge in [-0.1, -0.05) is 6.07 Å². The van der Waals surface area contributed by atoms with Gasteiger partial charge >= 0.3 is 0 Å². The van der Waals surface area contributed by atoms with Gasteiger partial charge in [0.2, 0.25) is 5.56 Å². The number of benzene rings is 1. The summed E-state index contributed by atoms with van der Waals surface area (Å²) < 4.78 is 13.1. The van der Waals surface area contributed by atoms with E-state index in [9.17, 15) is 4.79 Å². The smallest absolute Gasteiger partial charge is 0.250 e. The van der Waals surface area contributed by atoms with Crippen LogP contribution in [0.1, 0.15) is 26.2 Å². The van der Waals surface area contributed by atoms with Gasteiger partial charge in [0.15, 0.2) is 17.5 Å². The van der Waals surface area contributed by atoms with Crippen molar-refractivity contribution in [1.82, 2.24) is 9.88 Å². The topological polar surface area (TPSA) is 76.9 Å². The van der Waals surface area contributed by atoms with Gasteiger partial charge in [0.1, 0.15) is 0 Å². The fourth-order valence-electron chi connectivity index (χ4n) is 2.92. The minimum atomic E-state index is 0. The number of nitrogens with zero attached hydrogens (tertiary/aromatic N) is 2. The molecule has 1 aliphatic rings. The monoisotopic (exact) mass is 512 g/mol. The van der Waals surface area contributed by atoms with Crippen LogP contribution in [0.15, 0.2) is 52.4 Å². The quantitative estimate of drug-likeness (QED) is 0.257. The first-order valence-electron chi connectivity index (χ1n) is 9.86. The Kier molecular flexibility index (Phi) is 9.82. The summed E-state index contributed by atoms with van der Waals surface area (Å²) in [5.74, 6) is 2.27. The van der Waals surface area contributed by atoms with Crippen molar-refractivity contribution in [3.05, 3.63) is 52.9 Å². The summed E-state index contributed by atoms with van der Waals surface area (Å²) in [7, 11) is 0. The van der Waals surface area contributed by atoms with Crippen molar-refractivity contribution in [1.29, 1.82) is 0 Å². The number of hydrogen-bond acceptors (Lipinski definition) is 4. The zero-order valence-corrected chi connectivity index (χ0v) is 19.1. The largest absolute Gasteiger partial charge is 0.490 e. The van der Waals surface area contributed by atoms with Crippen molar-refractivity contribution < 1.29 is 9.47 Å². The van der Waals surface area contributed by atoms with Gasteiger partial charge in [-0.3, -0.25) is 9.79 Å². The van der Waals surface area contributed by atoms with Crippen molar-refractivity contribution in [2.24, 2.45) is 4.99 Å². The number of ether oxygens (including phenoxy) is 2. The number of aryl methyl sites for hydroxylation is 1. The van der Waals surface area contributed by atoms with Crippen LogP contribution in [0.5, 0.6) is 11.5 Å². The summed E-state index contributed by atoms with van der Waals surface area (Å²) in [5, 5.41) is 6.57. The van der Waals surface area contributed by atoms with E-state index in [1.54, 1.807) is 16.7 Å². The maximum absolute atomic E-state index is 11.7. The minimum Gasteiger partial charge on any atom is -0.490 e. The Hall–Kier alpha value is -2.23. The lowest BCUT2D eigenvalue weighted by Gasteiger charge is -2.13. The molecule has 0 radical (unpaired) electrons. The van der Waals surface area contributed by atoms with E-state index in [4.69, 9.17) is 9.47 Å². The van der Waals surface area contributed by atoms with E-state index in [2.05, 4.69) is 15.6 Å². The van der Waals surface area contributed by atoms with Crippen LogP contribution in [0.25, 0.3) is 0 Å². The van der Waals surface area contributed by atoms with Crippen molar-refractivity contribution in [3.8, 4) is 11.5 Å². The van der Waals surface area contributed by atoms with Crippen LogP contribution in [0.4, 0.5) is 5.69 Å². The molecule has 1 aromatic heterocycles. The molecule has 0 fully saturated rings. The number of halogens is 1. The van der Waals surface area contributed by atoms with E-state index in [0.29, 0.717) is 26.3 Å². The van der Waals surface area contributed by atoms with Crippen LogP contribution >= 0.6 is 24.0 Å². The third-order valence-corrected chi connectivity index (χ3v) is 4.33. The molecular weight excluding hydrogens is 483 g/mol. The molecule has 0 amide bonds. The number of aromatic nitrogens is 1. The standard InChI is InChI=1S/C21H28N4O3.HI/c1-2-22-21(23-11-4-6-13-25-12-5-3-8-20(25)26)24-17-9-10-18-19(16-17)28-15-7-14-27-18;/h3,5,8-10,12,16H,2,4,6-7,11,13-15H2,1H3,(H2,22,23,24);1H. The molecule has 2 aromatic rings. The van der Waals surface area contributed by atoms with Gasteiger partial charge < -0.3 is 24.7 Å². The normalized spacial score (nSPS) is 13.2. The summed E-state index contributed by atoms with van der Waals surface area (Å²) in [6, 6.07) is 11.0. The number of anilines is 1. The first-order valence-corrected chi connectivity index (χ1v) is 9.86. The van der Waals surface area contributed by atoms with E-state index in [-0.39, 0.29) is 29.5 Å². The van der Waals surface area contributed by atoms with Gasteiger partial charge in [-0.2, -0.15) is 0 Å². The Morgan fingerprint density at radius 3 is 2.76 bits per heavy atom. The van der Waals surface area contributed by atoms with Crippen LogP contribution in [0.2, 0.25) is 0 Å². The zero-order valence-electron chi connectivity index (χ0n) is 16.7. The molecule has 0 spiro atoms. The molecule has 1 aromatic carbocycles.